The molecule has 1 aliphatic heterocycles. The summed E-state index contributed by atoms with van der Waals surface area (Å²) in [6.07, 6.45) is 19.6. The van der Waals surface area contributed by atoms with Crippen molar-refractivity contribution in [3.05, 3.63) is 0 Å². The molecular formula is C21H40O3. The summed E-state index contributed by atoms with van der Waals surface area (Å²) < 4.78 is 10.5. The molecule has 0 aromatic rings. The fourth-order valence-electron chi connectivity index (χ4n) is 3.22. The minimum absolute atomic E-state index is 0.141. The quantitative estimate of drug-likeness (QED) is 0.180. The van der Waals surface area contributed by atoms with Crippen LogP contribution >= 0.6 is 0 Å². The van der Waals surface area contributed by atoms with E-state index in [0.29, 0.717) is 6.61 Å². The number of ether oxygens (including phenoxy) is 2. The van der Waals surface area contributed by atoms with Gasteiger partial charge in [0.1, 0.15) is 0 Å². The van der Waals surface area contributed by atoms with Gasteiger partial charge in [-0.25, -0.2) is 4.79 Å². The number of epoxide rings is 1. The van der Waals surface area contributed by atoms with Crippen molar-refractivity contribution < 1.29 is 14.3 Å². The molecular weight excluding hydrogens is 300 g/mol. The third-order valence-electron chi connectivity index (χ3n) is 4.86. The van der Waals surface area contributed by atoms with Crippen molar-refractivity contribution in [3.63, 3.8) is 0 Å². The van der Waals surface area contributed by atoms with Gasteiger partial charge >= 0.3 is 5.97 Å². The summed E-state index contributed by atoms with van der Waals surface area (Å²) in [5.41, 5.74) is 0. The fraction of sp³-hybridized carbons (Fsp3) is 0.952. The predicted octanol–water partition coefficient (Wildman–Crippen LogP) is 6.19. The molecule has 0 aliphatic carbocycles. The van der Waals surface area contributed by atoms with E-state index in [0.717, 1.165) is 12.8 Å². The van der Waals surface area contributed by atoms with Gasteiger partial charge in [-0.05, 0) is 12.8 Å². The van der Waals surface area contributed by atoms with Crippen molar-refractivity contribution in [1.29, 1.82) is 0 Å². The monoisotopic (exact) mass is 340 g/mol. The molecule has 0 saturated carbocycles. The van der Waals surface area contributed by atoms with Gasteiger partial charge in [0.05, 0.1) is 12.7 Å². The molecule has 0 spiro atoms. The molecule has 1 saturated heterocycles. The second kappa shape index (κ2) is 14.7. The topological polar surface area (TPSA) is 38.8 Å². The minimum Gasteiger partial charge on any atom is -0.464 e. The number of hydrogen-bond donors (Lipinski definition) is 0. The van der Waals surface area contributed by atoms with Crippen molar-refractivity contribution in [1.82, 2.24) is 0 Å². The average Bonchev–Trinajstić information content (AvgIpc) is 3.36. The summed E-state index contributed by atoms with van der Waals surface area (Å²) >= 11 is 0. The first kappa shape index (κ1) is 21.5. The number of carbonyl (C=O) groups is 1. The zero-order valence-corrected chi connectivity index (χ0v) is 16.2. The molecule has 0 aromatic carbocycles. The molecule has 1 aliphatic rings. The van der Waals surface area contributed by atoms with Crippen molar-refractivity contribution in [2.24, 2.45) is 0 Å². The van der Waals surface area contributed by atoms with Gasteiger partial charge in [-0.3, -0.25) is 0 Å². The second-order valence-corrected chi connectivity index (χ2v) is 7.29. The summed E-state index contributed by atoms with van der Waals surface area (Å²) in [4.78, 5) is 11.6. The van der Waals surface area contributed by atoms with Gasteiger partial charge < -0.3 is 9.47 Å². The fourth-order valence-corrected chi connectivity index (χ4v) is 3.22. The van der Waals surface area contributed by atoms with Gasteiger partial charge in [0, 0.05) is 0 Å². The summed E-state index contributed by atoms with van der Waals surface area (Å²) in [5.74, 6) is -0.156. The zero-order valence-electron chi connectivity index (χ0n) is 16.2. The third-order valence-corrected chi connectivity index (χ3v) is 4.86. The van der Waals surface area contributed by atoms with Gasteiger partial charge in [-0.15, -0.1) is 0 Å². The van der Waals surface area contributed by atoms with Crippen LogP contribution < -0.4 is 0 Å². The van der Waals surface area contributed by atoms with Crippen molar-refractivity contribution in [2.75, 3.05) is 6.61 Å². The zero-order chi connectivity index (χ0) is 17.5. The van der Waals surface area contributed by atoms with Gasteiger partial charge in [0.25, 0.3) is 0 Å². The Labute approximate surface area is 149 Å². The lowest BCUT2D eigenvalue weighted by Gasteiger charge is -2.03. The highest BCUT2D eigenvalue weighted by atomic mass is 16.6. The Morgan fingerprint density at radius 3 is 1.75 bits per heavy atom. The first-order valence-corrected chi connectivity index (χ1v) is 10.6. The minimum atomic E-state index is -0.256. The highest BCUT2D eigenvalue weighted by Crippen LogP contribution is 2.28. The van der Waals surface area contributed by atoms with Crippen molar-refractivity contribution in [2.45, 2.75) is 122 Å². The Hall–Kier alpha value is -0.570. The second-order valence-electron chi connectivity index (χ2n) is 7.29. The lowest BCUT2D eigenvalue weighted by Crippen LogP contribution is -2.14. The third kappa shape index (κ3) is 11.1. The largest absolute Gasteiger partial charge is 0.464 e. The standard InChI is InChI=1S/C21H40O3/c1-3-5-6-7-8-9-10-11-12-13-14-15-16-17-19-20(24-19)21(22)23-18-4-2/h19-20H,3-18H2,1-2H3. The van der Waals surface area contributed by atoms with E-state index in [9.17, 15) is 4.79 Å². The first-order valence-electron chi connectivity index (χ1n) is 10.6. The van der Waals surface area contributed by atoms with Crippen molar-refractivity contribution >= 4 is 5.97 Å². The molecule has 3 nitrogen and oxygen atoms in total. The molecule has 1 rings (SSSR count). The Bertz CT molecular complexity index is 303. The van der Waals surface area contributed by atoms with E-state index in [1.807, 2.05) is 6.92 Å². The van der Waals surface area contributed by atoms with Gasteiger partial charge in [-0.2, -0.15) is 0 Å². The predicted molar refractivity (Wildman–Crippen MR) is 100 cm³/mol. The van der Waals surface area contributed by atoms with Crippen LogP contribution in [0.25, 0.3) is 0 Å². The van der Waals surface area contributed by atoms with Crippen LogP contribution in [0.4, 0.5) is 0 Å². The number of unbranched alkanes of at least 4 members (excludes halogenated alkanes) is 12. The van der Waals surface area contributed by atoms with Gasteiger partial charge in [-0.1, -0.05) is 97.3 Å². The average molecular weight is 341 g/mol. The molecule has 1 heterocycles. The van der Waals surface area contributed by atoms with Crippen molar-refractivity contribution in [3.8, 4) is 0 Å². The lowest BCUT2D eigenvalue weighted by atomic mass is 10.0. The molecule has 0 amide bonds. The number of esters is 1. The first-order chi connectivity index (χ1) is 11.8. The van der Waals surface area contributed by atoms with Crippen LogP contribution in [0.15, 0.2) is 0 Å². The molecule has 1 fully saturated rings. The highest BCUT2D eigenvalue weighted by molar-refractivity contribution is 5.77. The number of hydrogen-bond acceptors (Lipinski definition) is 3. The molecule has 24 heavy (non-hydrogen) atoms. The van der Waals surface area contributed by atoms with Crippen LogP contribution in [0.5, 0.6) is 0 Å². The number of carbonyl (C=O) groups excluding carboxylic acids is 1. The maximum Gasteiger partial charge on any atom is 0.338 e. The number of rotatable bonds is 17. The molecule has 0 N–H and O–H groups in total. The van der Waals surface area contributed by atoms with E-state index >= 15 is 0 Å². The molecule has 0 radical (unpaired) electrons. The summed E-state index contributed by atoms with van der Waals surface area (Å²) in [6.45, 7) is 4.80. The normalized spacial score (nSPS) is 19.4. The van der Waals surface area contributed by atoms with Gasteiger partial charge in [0.2, 0.25) is 0 Å². The Balaban J connectivity index is 1.75. The van der Waals surface area contributed by atoms with Crippen LogP contribution in [-0.4, -0.2) is 24.8 Å². The smallest absolute Gasteiger partial charge is 0.338 e. The summed E-state index contributed by atoms with van der Waals surface area (Å²) in [6, 6.07) is 0. The van der Waals surface area contributed by atoms with Gasteiger partial charge in [0.15, 0.2) is 6.10 Å². The molecule has 2 unspecified atom stereocenters. The Morgan fingerprint density at radius 2 is 1.25 bits per heavy atom. The van der Waals surface area contributed by atoms with E-state index in [1.165, 1.54) is 83.5 Å². The van der Waals surface area contributed by atoms with Crippen LogP contribution in [0, 0.1) is 0 Å². The SMILES string of the molecule is CCCCCCCCCCCCCCCC1OC1C(=O)OCCC. The molecule has 3 heteroatoms. The highest BCUT2D eigenvalue weighted by Gasteiger charge is 2.45. The molecule has 2 atom stereocenters. The van der Waals surface area contributed by atoms with E-state index in [2.05, 4.69) is 6.92 Å². The van der Waals surface area contributed by atoms with Crippen LogP contribution in [-0.2, 0) is 14.3 Å². The maximum atomic E-state index is 11.6. The Morgan fingerprint density at radius 1 is 0.750 bits per heavy atom. The van der Waals surface area contributed by atoms with E-state index in [4.69, 9.17) is 9.47 Å². The molecule has 0 bridgehead atoms. The lowest BCUT2D eigenvalue weighted by molar-refractivity contribution is -0.145. The maximum absolute atomic E-state index is 11.6. The summed E-state index contributed by atoms with van der Waals surface area (Å²) in [7, 11) is 0. The summed E-state index contributed by atoms with van der Waals surface area (Å²) in [5, 5.41) is 0. The van der Waals surface area contributed by atoms with E-state index in [1.54, 1.807) is 0 Å². The van der Waals surface area contributed by atoms with Crippen LogP contribution in [0.3, 0.4) is 0 Å². The van der Waals surface area contributed by atoms with E-state index in [-0.39, 0.29) is 18.2 Å². The van der Waals surface area contributed by atoms with Crippen LogP contribution in [0.1, 0.15) is 110 Å². The Kier molecular flexibility index (Phi) is 13.2. The molecule has 142 valence electrons. The van der Waals surface area contributed by atoms with E-state index < -0.39 is 0 Å². The molecule has 0 aromatic heterocycles. The van der Waals surface area contributed by atoms with Crippen LogP contribution in [0.2, 0.25) is 0 Å².